The number of piperidine rings is 1. The van der Waals surface area contributed by atoms with Gasteiger partial charge in [0, 0.05) is 25.4 Å². The van der Waals surface area contributed by atoms with E-state index in [0.29, 0.717) is 5.92 Å². The molecule has 0 aromatic carbocycles. The normalized spacial score (nSPS) is 25.1. The average molecular weight is 282 g/mol. The number of nitrogens with zero attached hydrogens (tertiary/aromatic N) is 1. The number of carbonyl (C=O) groups excluding carboxylic acids is 2. The van der Waals surface area contributed by atoms with Crippen molar-refractivity contribution in [1.82, 2.24) is 10.2 Å². The van der Waals surface area contributed by atoms with Crippen molar-refractivity contribution in [3.05, 3.63) is 0 Å². The molecule has 20 heavy (non-hydrogen) atoms. The second kappa shape index (κ2) is 6.72. The van der Waals surface area contributed by atoms with Crippen LogP contribution in [0.3, 0.4) is 0 Å². The summed E-state index contributed by atoms with van der Waals surface area (Å²) in [6.45, 7) is 0.718. The number of aliphatic carboxylic acids is 1. The largest absolute Gasteiger partial charge is 0.481 e. The van der Waals surface area contributed by atoms with E-state index < -0.39 is 5.97 Å². The lowest BCUT2D eigenvalue weighted by Crippen LogP contribution is -2.51. The molecule has 6 nitrogen and oxygen atoms in total. The van der Waals surface area contributed by atoms with Crippen LogP contribution >= 0.6 is 0 Å². The first-order valence-electron chi connectivity index (χ1n) is 7.40. The number of carboxylic acid groups (broad SMARTS) is 1. The smallest absolute Gasteiger partial charge is 0.324 e. The molecule has 1 heterocycles. The highest BCUT2D eigenvalue weighted by Gasteiger charge is 2.37. The number of rotatable bonds is 4. The minimum Gasteiger partial charge on any atom is -0.481 e. The Balaban J connectivity index is 1.78. The van der Waals surface area contributed by atoms with E-state index in [1.165, 1.54) is 12.8 Å². The Morgan fingerprint density at radius 3 is 2.60 bits per heavy atom. The molecule has 0 aromatic rings. The lowest BCUT2D eigenvalue weighted by atomic mass is 9.92. The summed E-state index contributed by atoms with van der Waals surface area (Å²) in [4.78, 5) is 35.9. The van der Waals surface area contributed by atoms with E-state index >= 15 is 0 Å². The van der Waals surface area contributed by atoms with Crippen LogP contribution in [0.1, 0.15) is 51.4 Å². The summed E-state index contributed by atoms with van der Waals surface area (Å²) in [5, 5.41) is 10.9. The molecule has 0 spiro atoms. The molecule has 1 aliphatic heterocycles. The molecule has 1 saturated carbocycles. The first-order valence-corrected chi connectivity index (χ1v) is 7.40. The Hall–Kier alpha value is -1.59. The van der Waals surface area contributed by atoms with Crippen molar-refractivity contribution in [3.8, 4) is 0 Å². The second-order valence-electron chi connectivity index (χ2n) is 5.69. The van der Waals surface area contributed by atoms with E-state index in [1.54, 1.807) is 4.90 Å². The molecule has 2 fully saturated rings. The van der Waals surface area contributed by atoms with Gasteiger partial charge in [0.15, 0.2) is 0 Å². The Labute approximate surface area is 118 Å². The van der Waals surface area contributed by atoms with Crippen molar-refractivity contribution in [2.24, 2.45) is 5.92 Å². The molecule has 0 aromatic heterocycles. The molecule has 2 unspecified atom stereocenters. The summed E-state index contributed by atoms with van der Waals surface area (Å²) in [5.41, 5.74) is 0. The highest BCUT2D eigenvalue weighted by Crippen LogP contribution is 2.36. The third kappa shape index (κ3) is 3.71. The number of urea groups is 1. The predicted octanol–water partition coefficient (Wildman–Crippen LogP) is 1.74. The molecule has 0 radical (unpaired) electrons. The molecular formula is C14H22N2O4. The molecule has 112 valence electrons. The van der Waals surface area contributed by atoms with E-state index in [9.17, 15) is 14.4 Å². The monoisotopic (exact) mass is 282 g/mol. The van der Waals surface area contributed by atoms with Crippen molar-refractivity contribution < 1.29 is 19.5 Å². The summed E-state index contributed by atoms with van der Waals surface area (Å²) in [5.74, 6) is -0.707. The van der Waals surface area contributed by atoms with Gasteiger partial charge in [-0.1, -0.05) is 6.42 Å². The SMILES string of the molecule is O=C(O)CCCC(=O)NC(=O)N1CCCC2CCCC21. The average Bonchev–Trinajstić information content (AvgIpc) is 2.85. The van der Waals surface area contributed by atoms with Gasteiger partial charge >= 0.3 is 12.0 Å². The molecule has 2 atom stereocenters. The zero-order chi connectivity index (χ0) is 14.5. The number of hydrogen-bond acceptors (Lipinski definition) is 3. The lowest BCUT2D eigenvalue weighted by molar-refractivity contribution is -0.137. The van der Waals surface area contributed by atoms with Gasteiger partial charge in [0.25, 0.3) is 0 Å². The predicted molar refractivity (Wildman–Crippen MR) is 72.1 cm³/mol. The maximum atomic E-state index is 12.1. The van der Waals surface area contributed by atoms with Gasteiger partial charge in [-0.25, -0.2) is 4.79 Å². The van der Waals surface area contributed by atoms with Crippen LogP contribution in [-0.2, 0) is 9.59 Å². The molecule has 1 aliphatic carbocycles. The Morgan fingerprint density at radius 1 is 1.10 bits per heavy atom. The summed E-state index contributed by atoms with van der Waals surface area (Å²) >= 11 is 0. The third-order valence-electron chi connectivity index (χ3n) is 4.29. The van der Waals surface area contributed by atoms with Crippen LogP contribution in [0.5, 0.6) is 0 Å². The van der Waals surface area contributed by atoms with Crippen LogP contribution in [0.15, 0.2) is 0 Å². The maximum Gasteiger partial charge on any atom is 0.324 e. The van der Waals surface area contributed by atoms with Gasteiger partial charge < -0.3 is 10.0 Å². The van der Waals surface area contributed by atoms with E-state index in [2.05, 4.69) is 5.32 Å². The number of likely N-dealkylation sites (tertiary alicyclic amines) is 1. The highest BCUT2D eigenvalue weighted by atomic mass is 16.4. The fourth-order valence-corrected chi connectivity index (χ4v) is 3.36. The van der Waals surface area contributed by atoms with Crippen LogP contribution in [-0.4, -0.2) is 40.5 Å². The standard InChI is InChI=1S/C14H22N2O4/c17-12(7-2-8-13(18)19)15-14(20)16-9-3-5-10-4-1-6-11(10)16/h10-11H,1-9H2,(H,18,19)(H,15,17,20). The van der Waals surface area contributed by atoms with Gasteiger partial charge in [0.05, 0.1) is 0 Å². The Morgan fingerprint density at radius 2 is 1.85 bits per heavy atom. The van der Waals surface area contributed by atoms with Gasteiger partial charge in [0.2, 0.25) is 5.91 Å². The molecule has 1 saturated heterocycles. The van der Waals surface area contributed by atoms with Crippen LogP contribution in [0, 0.1) is 5.92 Å². The summed E-state index contributed by atoms with van der Waals surface area (Å²) < 4.78 is 0. The van der Waals surface area contributed by atoms with Gasteiger partial charge in [0.1, 0.15) is 0 Å². The van der Waals surface area contributed by atoms with Gasteiger partial charge in [-0.2, -0.15) is 0 Å². The van der Waals surface area contributed by atoms with Crippen molar-refractivity contribution >= 4 is 17.9 Å². The van der Waals surface area contributed by atoms with E-state index in [1.807, 2.05) is 0 Å². The first kappa shape index (κ1) is 14.8. The van der Waals surface area contributed by atoms with Crippen LogP contribution < -0.4 is 5.32 Å². The first-order chi connectivity index (χ1) is 9.58. The quantitative estimate of drug-likeness (QED) is 0.822. The van der Waals surface area contributed by atoms with Gasteiger partial charge in [-0.3, -0.25) is 14.9 Å². The summed E-state index contributed by atoms with van der Waals surface area (Å²) in [6, 6.07) is -0.0162. The molecule has 3 amide bonds. The molecule has 6 heteroatoms. The number of imide groups is 1. The molecule has 2 aliphatic rings. The van der Waals surface area contributed by atoms with Crippen LogP contribution in [0.2, 0.25) is 0 Å². The topological polar surface area (TPSA) is 86.7 Å². The number of amides is 3. The van der Waals surface area contributed by atoms with E-state index in [0.717, 1.165) is 25.8 Å². The van der Waals surface area contributed by atoms with Crippen molar-refractivity contribution in [1.29, 1.82) is 0 Å². The minimum atomic E-state index is -0.922. The highest BCUT2D eigenvalue weighted by molar-refractivity contribution is 5.94. The third-order valence-corrected chi connectivity index (χ3v) is 4.29. The van der Waals surface area contributed by atoms with Crippen molar-refractivity contribution in [2.75, 3.05) is 6.54 Å². The zero-order valence-corrected chi connectivity index (χ0v) is 11.6. The molecule has 0 bridgehead atoms. The van der Waals surface area contributed by atoms with Gasteiger partial charge in [-0.15, -0.1) is 0 Å². The van der Waals surface area contributed by atoms with E-state index in [-0.39, 0.29) is 37.2 Å². The Bertz CT molecular complexity index is 397. The summed E-state index contributed by atoms with van der Waals surface area (Å²) in [7, 11) is 0. The summed E-state index contributed by atoms with van der Waals surface area (Å²) in [6.07, 6.45) is 5.86. The van der Waals surface area contributed by atoms with Crippen LogP contribution in [0.25, 0.3) is 0 Å². The number of hydrogen-bond donors (Lipinski definition) is 2. The van der Waals surface area contributed by atoms with Crippen molar-refractivity contribution in [2.45, 2.75) is 57.4 Å². The molecule has 2 N–H and O–H groups in total. The van der Waals surface area contributed by atoms with Crippen LogP contribution in [0.4, 0.5) is 4.79 Å². The maximum absolute atomic E-state index is 12.1. The zero-order valence-electron chi connectivity index (χ0n) is 11.6. The Kier molecular flexibility index (Phi) is 4.98. The number of carboxylic acids is 1. The van der Waals surface area contributed by atoms with Gasteiger partial charge in [-0.05, 0) is 38.0 Å². The van der Waals surface area contributed by atoms with Crippen molar-refractivity contribution in [3.63, 3.8) is 0 Å². The fourth-order valence-electron chi connectivity index (χ4n) is 3.36. The minimum absolute atomic E-state index is 0.0456. The number of fused-ring (bicyclic) bond motifs is 1. The number of nitrogens with one attached hydrogen (secondary N) is 1. The second-order valence-corrected chi connectivity index (χ2v) is 5.69. The fraction of sp³-hybridized carbons (Fsp3) is 0.786. The molecular weight excluding hydrogens is 260 g/mol. The lowest BCUT2D eigenvalue weighted by Gasteiger charge is -2.37. The number of carbonyl (C=O) groups is 3. The van der Waals surface area contributed by atoms with E-state index in [4.69, 9.17) is 5.11 Å². The molecule has 2 rings (SSSR count).